The van der Waals surface area contributed by atoms with Gasteiger partial charge in [-0.3, -0.25) is 14.2 Å². The van der Waals surface area contributed by atoms with Gasteiger partial charge >= 0.3 is 0 Å². The van der Waals surface area contributed by atoms with Crippen molar-refractivity contribution in [1.82, 2.24) is 15.0 Å². The largest absolute Gasteiger partial charge is 0.504 e. The van der Waals surface area contributed by atoms with Crippen LogP contribution in [0.4, 0.5) is 0 Å². The normalized spacial score (nSPS) is 11.1. The van der Waals surface area contributed by atoms with E-state index in [9.17, 15) is 14.7 Å². The van der Waals surface area contributed by atoms with Crippen LogP contribution in [0.1, 0.15) is 12.5 Å². The lowest BCUT2D eigenvalue weighted by Crippen LogP contribution is -2.24. The zero-order chi connectivity index (χ0) is 23.9. The van der Waals surface area contributed by atoms with Crippen molar-refractivity contribution in [1.29, 1.82) is 0 Å². The molecule has 0 radical (unpaired) electrons. The van der Waals surface area contributed by atoms with Gasteiger partial charge in [-0.25, -0.2) is 10.4 Å². The average molecular weight is 475 g/mol. The molecule has 0 aliphatic carbocycles. The van der Waals surface area contributed by atoms with E-state index in [0.29, 0.717) is 39.7 Å². The number of hydrogen-bond donors (Lipinski definition) is 2. The minimum atomic E-state index is -0.385. The van der Waals surface area contributed by atoms with Crippen LogP contribution < -0.4 is 15.7 Å². The summed E-state index contributed by atoms with van der Waals surface area (Å²) in [6, 6.07) is 21.3. The summed E-state index contributed by atoms with van der Waals surface area (Å²) in [4.78, 5) is 30.2. The van der Waals surface area contributed by atoms with E-state index in [2.05, 4.69) is 15.5 Å². The Hall–Kier alpha value is -4.11. The second-order valence-electron chi connectivity index (χ2n) is 7.10. The Labute approximate surface area is 199 Å². The van der Waals surface area contributed by atoms with Crippen LogP contribution >= 0.6 is 11.8 Å². The van der Waals surface area contributed by atoms with Crippen molar-refractivity contribution in [3.05, 3.63) is 88.7 Å². The molecule has 2 N–H and O–H groups in total. The highest BCUT2D eigenvalue weighted by molar-refractivity contribution is 7.99. The van der Waals surface area contributed by atoms with Crippen LogP contribution in [0.5, 0.6) is 11.5 Å². The van der Waals surface area contributed by atoms with Crippen molar-refractivity contribution in [2.24, 2.45) is 5.10 Å². The first-order valence-corrected chi connectivity index (χ1v) is 11.5. The highest BCUT2D eigenvalue weighted by Crippen LogP contribution is 2.28. The topological polar surface area (TPSA) is 106 Å². The first-order chi connectivity index (χ1) is 16.6. The van der Waals surface area contributed by atoms with Crippen LogP contribution in [-0.4, -0.2) is 39.1 Å². The van der Waals surface area contributed by atoms with Crippen LogP contribution in [-0.2, 0) is 4.79 Å². The van der Waals surface area contributed by atoms with Crippen LogP contribution in [0.2, 0.25) is 0 Å². The molecule has 0 saturated heterocycles. The molecule has 172 valence electrons. The van der Waals surface area contributed by atoms with Crippen LogP contribution in [0.15, 0.2) is 87.8 Å². The van der Waals surface area contributed by atoms with Crippen molar-refractivity contribution in [3.63, 3.8) is 0 Å². The molecular weight excluding hydrogens is 452 g/mol. The number of rotatable bonds is 8. The second-order valence-corrected chi connectivity index (χ2v) is 8.04. The van der Waals surface area contributed by atoms with Gasteiger partial charge in [0.2, 0.25) is 0 Å². The molecule has 4 rings (SSSR count). The molecule has 0 saturated carbocycles. The molecule has 0 fully saturated rings. The number of thioether (sulfide) groups is 1. The molecule has 0 spiro atoms. The van der Waals surface area contributed by atoms with Crippen LogP contribution in [0, 0.1) is 0 Å². The van der Waals surface area contributed by atoms with Crippen molar-refractivity contribution in [2.45, 2.75) is 12.1 Å². The number of fused-ring (bicyclic) bond motifs is 1. The maximum absolute atomic E-state index is 13.2. The zero-order valence-electron chi connectivity index (χ0n) is 18.3. The maximum Gasteiger partial charge on any atom is 0.266 e. The van der Waals surface area contributed by atoms with E-state index in [0.717, 1.165) is 11.8 Å². The van der Waals surface area contributed by atoms with Crippen LogP contribution in [0.25, 0.3) is 16.6 Å². The Morgan fingerprint density at radius 1 is 1.12 bits per heavy atom. The van der Waals surface area contributed by atoms with Crippen molar-refractivity contribution < 1.29 is 14.6 Å². The van der Waals surface area contributed by atoms with E-state index in [4.69, 9.17) is 4.74 Å². The summed E-state index contributed by atoms with van der Waals surface area (Å²) in [5, 5.41) is 15.0. The highest BCUT2D eigenvalue weighted by atomic mass is 32.2. The third kappa shape index (κ3) is 5.10. The van der Waals surface area contributed by atoms with Gasteiger partial charge in [-0.2, -0.15) is 5.10 Å². The first kappa shape index (κ1) is 23.1. The van der Waals surface area contributed by atoms with Gasteiger partial charge in [0.05, 0.1) is 35.2 Å². The van der Waals surface area contributed by atoms with Gasteiger partial charge in [-0.05, 0) is 43.3 Å². The number of aromatic nitrogens is 2. The molecule has 1 heterocycles. The number of nitrogens with zero attached hydrogens (tertiary/aromatic N) is 3. The smallest absolute Gasteiger partial charge is 0.266 e. The molecule has 0 unspecified atom stereocenters. The predicted octanol–water partition coefficient (Wildman–Crippen LogP) is 3.73. The monoisotopic (exact) mass is 474 g/mol. The Morgan fingerprint density at radius 3 is 2.68 bits per heavy atom. The molecule has 4 aromatic rings. The molecule has 34 heavy (non-hydrogen) atoms. The zero-order valence-corrected chi connectivity index (χ0v) is 19.2. The average Bonchev–Trinajstić information content (AvgIpc) is 2.86. The number of para-hydroxylation sites is 3. The van der Waals surface area contributed by atoms with Gasteiger partial charge in [0.1, 0.15) is 0 Å². The number of phenolic OH excluding ortho intramolecular Hbond substituents is 1. The lowest BCUT2D eigenvalue weighted by Gasteiger charge is -2.12. The maximum atomic E-state index is 13.2. The SMILES string of the molecule is CCOc1cccc(/C=N\NC(=O)CSc2nc3ccccc3c(=O)n2-c2ccccc2)c1O. The van der Waals surface area contributed by atoms with Crippen molar-refractivity contribution >= 4 is 34.8 Å². The lowest BCUT2D eigenvalue weighted by molar-refractivity contribution is -0.118. The Kier molecular flexibility index (Phi) is 7.24. The number of hydrazone groups is 1. The summed E-state index contributed by atoms with van der Waals surface area (Å²) in [5.41, 5.74) is 3.86. The highest BCUT2D eigenvalue weighted by Gasteiger charge is 2.14. The van der Waals surface area contributed by atoms with Crippen molar-refractivity contribution in [3.8, 4) is 17.2 Å². The van der Waals surface area contributed by atoms with Gasteiger partial charge in [-0.15, -0.1) is 0 Å². The fraction of sp³-hybridized carbons (Fsp3) is 0.120. The van der Waals surface area contributed by atoms with Gasteiger partial charge in [-0.1, -0.05) is 48.2 Å². The predicted molar refractivity (Wildman–Crippen MR) is 133 cm³/mol. The van der Waals surface area contributed by atoms with Crippen molar-refractivity contribution in [2.75, 3.05) is 12.4 Å². The van der Waals surface area contributed by atoms with Gasteiger partial charge in [0.15, 0.2) is 16.7 Å². The molecule has 0 bridgehead atoms. The lowest BCUT2D eigenvalue weighted by atomic mass is 10.2. The number of aromatic hydroxyl groups is 1. The first-order valence-electron chi connectivity index (χ1n) is 10.5. The summed E-state index contributed by atoms with van der Waals surface area (Å²) >= 11 is 1.13. The minimum absolute atomic E-state index is 0.0140. The summed E-state index contributed by atoms with van der Waals surface area (Å²) in [6.07, 6.45) is 1.34. The van der Waals surface area contributed by atoms with Gasteiger partial charge < -0.3 is 9.84 Å². The minimum Gasteiger partial charge on any atom is -0.504 e. The summed E-state index contributed by atoms with van der Waals surface area (Å²) in [5.74, 6) is -0.109. The fourth-order valence-electron chi connectivity index (χ4n) is 3.27. The Balaban J connectivity index is 1.51. The standard InChI is InChI=1S/C25H22N4O4S/c1-2-33-21-14-8-9-17(23(21)31)15-26-28-22(30)16-34-25-27-20-13-7-6-12-19(20)24(32)29(25)18-10-4-3-5-11-18/h3-15,31H,2,16H2,1H3,(H,28,30)/b26-15-. The molecule has 0 atom stereocenters. The third-order valence-corrected chi connectivity index (χ3v) is 5.75. The number of ether oxygens (including phenoxy) is 1. The summed E-state index contributed by atoms with van der Waals surface area (Å²) < 4.78 is 6.84. The Morgan fingerprint density at radius 2 is 1.88 bits per heavy atom. The van der Waals surface area contributed by atoms with E-state index >= 15 is 0 Å². The number of phenols is 1. The quantitative estimate of drug-likeness (QED) is 0.174. The summed E-state index contributed by atoms with van der Waals surface area (Å²) in [6.45, 7) is 2.23. The number of amides is 1. The van der Waals surface area contributed by atoms with E-state index < -0.39 is 0 Å². The van der Waals surface area contributed by atoms with Gasteiger partial charge in [0.25, 0.3) is 11.5 Å². The van der Waals surface area contributed by atoms with E-state index in [1.165, 1.54) is 10.8 Å². The second kappa shape index (κ2) is 10.7. The fourth-order valence-corrected chi connectivity index (χ4v) is 4.07. The van der Waals surface area contributed by atoms with E-state index in [1.807, 2.05) is 43.3 Å². The molecular formula is C25H22N4O4S. The van der Waals surface area contributed by atoms with Crippen LogP contribution in [0.3, 0.4) is 0 Å². The third-order valence-electron chi connectivity index (χ3n) is 4.81. The molecule has 9 heteroatoms. The molecule has 0 aliphatic heterocycles. The molecule has 8 nitrogen and oxygen atoms in total. The summed E-state index contributed by atoms with van der Waals surface area (Å²) in [7, 11) is 0. The molecule has 1 amide bonds. The number of carbonyl (C=O) groups is 1. The molecule has 0 aliphatic rings. The molecule has 3 aromatic carbocycles. The van der Waals surface area contributed by atoms with Gasteiger partial charge in [0, 0.05) is 5.56 Å². The number of nitrogens with one attached hydrogen (secondary N) is 1. The molecule has 1 aromatic heterocycles. The van der Waals surface area contributed by atoms with E-state index in [-0.39, 0.29) is 23.0 Å². The Bertz CT molecular complexity index is 1400. The number of hydrogen-bond acceptors (Lipinski definition) is 7. The number of carbonyl (C=O) groups excluding carboxylic acids is 1. The number of benzene rings is 3. The van der Waals surface area contributed by atoms with E-state index in [1.54, 1.807) is 36.4 Å².